The molecule has 114 valence electrons. The summed E-state index contributed by atoms with van der Waals surface area (Å²) in [6.07, 6.45) is 4.26. The summed E-state index contributed by atoms with van der Waals surface area (Å²) in [5.74, 6) is 0.0582. The zero-order chi connectivity index (χ0) is 15.4. The molecule has 5 heteroatoms. The number of para-hydroxylation sites is 1. The first-order valence-electron chi connectivity index (χ1n) is 7.02. The van der Waals surface area contributed by atoms with E-state index in [1.807, 2.05) is 49.3 Å². The largest absolute Gasteiger partial charge is 0.377 e. The van der Waals surface area contributed by atoms with Crippen molar-refractivity contribution in [2.75, 3.05) is 24.3 Å². The van der Waals surface area contributed by atoms with Gasteiger partial charge in [-0.2, -0.15) is 0 Å². The Kier molecular flexibility index (Phi) is 5.76. The van der Waals surface area contributed by atoms with Crippen LogP contribution >= 0.6 is 15.9 Å². The van der Waals surface area contributed by atoms with Crippen LogP contribution < -0.4 is 4.90 Å². The third-order valence-electron chi connectivity index (χ3n) is 3.59. The number of carbonyl (C=O) groups excluding carboxylic acids is 1. The predicted molar refractivity (Wildman–Crippen MR) is 91.7 cm³/mol. The summed E-state index contributed by atoms with van der Waals surface area (Å²) in [6, 6.07) is 7.59. The molecule has 0 spiro atoms. The van der Waals surface area contributed by atoms with Gasteiger partial charge in [0.05, 0.1) is 21.4 Å². The highest BCUT2D eigenvalue weighted by Gasteiger charge is 2.33. The van der Waals surface area contributed by atoms with Gasteiger partial charge in [0, 0.05) is 19.4 Å². The minimum Gasteiger partial charge on any atom is -0.377 e. The number of benzene rings is 1. The van der Waals surface area contributed by atoms with E-state index in [2.05, 4.69) is 15.9 Å². The molecule has 1 aliphatic carbocycles. The molecule has 2 rings (SSSR count). The lowest BCUT2D eigenvalue weighted by molar-refractivity contribution is -0.114. The molecular weight excluding hydrogens is 350 g/mol. The topological polar surface area (TPSA) is 37.4 Å². The molecule has 2 atom stereocenters. The normalized spacial score (nSPS) is 19.5. The average molecular weight is 370 g/mol. The van der Waals surface area contributed by atoms with E-state index in [0.29, 0.717) is 6.42 Å². The third-order valence-corrected chi connectivity index (χ3v) is 5.85. The molecule has 0 bridgehead atoms. The Balaban J connectivity index is 2.18. The maximum Gasteiger partial charge on any atom is 0.174 e. The smallest absolute Gasteiger partial charge is 0.174 e. The van der Waals surface area contributed by atoms with Crippen molar-refractivity contribution >= 4 is 38.2 Å². The number of hydrogen-bond donors (Lipinski definition) is 0. The van der Waals surface area contributed by atoms with Crippen LogP contribution in [0.5, 0.6) is 0 Å². The highest BCUT2D eigenvalue weighted by molar-refractivity contribution is 9.09. The fraction of sp³-hybridized carbons (Fsp3) is 0.438. The van der Waals surface area contributed by atoms with E-state index in [4.69, 9.17) is 0 Å². The lowest BCUT2D eigenvalue weighted by atomic mass is 10.1. The summed E-state index contributed by atoms with van der Waals surface area (Å²) in [5.41, 5.74) is 1.76. The van der Waals surface area contributed by atoms with Crippen molar-refractivity contribution in [3.63, 3.8) is 0 Å². The zero-order valence-corrected chi connectivity index (χ0v) is 14.7. The molecule has 1 aromatic carbocycles. The van der Waals surface area contributed by atoms with E-state index in [1.165, 1.54) is 0 Å². The number of carbonyl (C=O) groups is 1. The Morgan fingerprint density at radius 2 is 2.05 bits per heavy atom. The molecule has 21 heavy (non-hydrogen) atoms. The van der Waals surface area contributed by atoms with Crippen LogP contribution in [0.2, 0.25) is 0 Å². The number of anilines is 1. The van der Waals surface area contributed by atoms with Crippen LogP contribution in [0.15, 0.2) is 40.8 Å². The lowest BCUT2D eigenvalue weighted by Gasteiger charge is -2.18. The van der Waals surface area contributed by atoms with Gasteiger partial charge in [0.15, 0.2) is 5.78 Å². The first kappa shape index (κ1) is 16.4. The highest BCUT2D eigenvalue weighted by Crippen LogP contribution is 2.30. The Labute approximate surface area is 137 Å². The van der Waals surface area contributed by atoms with Gasteiger partial charge in [-0.05, 0) is 37.0 Å². The van der Waals surface area contributed by atoms with Crippen LogP contribution in [0.3, 0.4) is 0 Å². The Bertz CT molecular complexity index is 583. The fourth-order valence-corrected chi connectivity index (χ4v) is 4.35. The van der Waals surface area contributed by atoms with Gasteiger partial charge in [-0.25, -0.2) is 0 Å². The van der Waals surface area contributed by atoms with Crippen molar-refractivity contribution in [1.82, 2.24) is 0 Å². The van der Waals surface area contributed by atoms with Crippen molar-refractivity contribution in [2.45, 2.75) is 29.4 Å². The van der Waals surface area contributed by atoms with E-state index >= 15 is 0 Å². The number of Topliss-reactive ketones (excluding diaryl/α,β-unsaturated/α-hetero) is 1. The minimum absolute atomic E-state index is 0.0582. The number of nitrogens with zero attached hydrogens (tertiary/aromatic N) is 1. The summed E-state index contributed by atoms with van der Waals surface area (Å²) in [6.45, 7) is 0. The lowest BCUT2D eigenvalue weighted by Crippen LogP contribution is -2.24. The maximum absolute atomic E-state index is 12.8. The highest BCUT2D eigenvalue weighted by atomic mass is 79.9. The average Bonchev–Trinajstić information content (AvgIpc) is 2.85. The van der Waals surface area contributed by atoms with Crippen LogP contribution in [-0.2, 0) is 15.6 Å². The Morgan fingerprint density at radius 1 is 1.33 bits per heavy atom. The molecule has 0 aromatic heterocycles. The van der Waals surface area contributed by atoms with Gasteiger partial charge in [-0.15, -0.1) is 0 Å². The van der Waals surface area contributed by atoms with Crippen LogP contribution in [0.25, 0.3) is 0 Å². The van der Waals surface area contributed by atoms with E-state index < -0.39 is 16.0 Å². The quantitative estimate of drug-likeness (QED) is 0.721. The monoisotopic (exact) mass is 369 g/mol. The molecule has 0 saturated carbocycles. The van der Waals surface area contributed by atoms with E-state index in [-0.39, 0.29) is 5.78 Å². The molecule has 1 aromatic rings. The van der Waals surface area contributed by atoms with Gasteiger partial charge in [-0.3, -0.25) is 9.00 Å². The van der Waals surface area contributed by atoms with Crippen LogP contribution in [0.1, 0.15) is 19.3 Å². The van der Waals surface area contributed by atoms with Gasteiger partial charge >= 0.3 is 0 Å². The van der Waals surface area contributed by atoms with Crippen molar-refractivity contribution in [2.24, 2.45) is 0 Å². The second-order valence-corrected chi connectivity index (χ2v) is 7.67. The number of alkyl halides is 1. The van der Waals surface area contributed by atoms with E-state index in [1.54, 1.807) is 0 Å². The number of halogens is 1. The molecular formula is C16H20BrNO2S. The summed E-state index contributed by atoms with van der Waals surface area (Å²) in [7, 11) is 2.54. The number of rotatable bonds is 6. The first-order chi connectivity index (χ1) is 10.1. The van der Waals surface area contributed by atoms with Gasteiger partial charge in [-0.1, -0.05) is 34.1 Å². The molecule has 1 aliphatic rings. The number of allylic oxidation sites excluding steroid dienone is 2. The molecule has 0 N–H and O–H groups in total. The standard InChI is InChI=1S/C16H20BrNO2S/c1-18(2)13-7-3-4-8-14(13)21(20)15-10-9-12(16(15)19)6-5-11-17/h3-4,7-9,15H,5-6,10-11H2,1-2H3/t15-,21?/m0/s1. The first-order valence-corrected chi connectivity index (χ1v) is 9.36. The SMILES string of the molecule is CN(C)c1ccccc1S(=O)[C@H]1CC=C(CCCBr)C1=O. The summed E-state index contributed by atoms with van der Waals surface area (Å²) >= 11 is 3.38. The molecule has 0 heterocycles. The van der Waals surface area contributed by atoms with Crippen molar-refractivity contribution in [1.29, 1.82) is 0 Å². The molecule has 0 saturated heterocycles. The van der Waals surface area contributed by atoms with E-state index in [9.17, 15) is 9.00 Å². The molecule has 3 nitrogen and oxygen atoms in total. The molecule has 0 amide bonds. The fourth-order valence-electron chi connectivity index (χ4n) is 2.48. The van der Waals surface area contributed by atoms with Crippen LogP contribution in [-0.4, -0.2) is 34.7 Å². The van der Waals surface area contributed by atoms with E-state index in [0.717, 1.165) is 34.3 Å². The Hall–Kier alpha value is -0.940. The second kappa shape index (κ2) is 7.36. The van der Waals surface area contributed by atoms with Crippen molar-refractivity contribution < 1.29 is 9.00 Å². The van der Waals surface area contributed by atoms with Gasteiger partial charge in [0.2, 0.25) is 0 Å². The van der Waals surface area contributed by atoms with Gasteiger partial charge in [0.1, 0.15) is 5.25 Å². The molecule has 0 aliphatic heterocycles. The van der Waals surface area contributed by atoms with Gasteiger partial charge in [0.25, 0.3) is 0 Å². The minimum atomic E-state index is -1.30. The third kappa shape index (κ3) is 3.64. The number of hydrogen-bond acceptors (Lipinski definition) is 3. The zero-order valence-electron chi connectivity index (χ0n) is 12.3. The van der Waals surface area contributed by atoms with Crippen molar-refractivity contribution in [3.8, 4) is 0 Å². The van der Waals surface area contributed by atoms with Crippen molar-refractivity contribution in [3.05, 3.63) is 35.9 Å². The summed E-state index contributed by atoms with van der Waals surface area (Å²) in [5, 5.41) is 0.464. The second-order valence-electron chi connectivity index (χ2n) is 5.27. The summed E-state index contributed by atoms with van der Waals surface area (Å²) in [4.78, 5) is 15.1. The van der Waals surface area contributed by atoms with Crippen LogP contribution in [0, 0.1) is 0 Å². The molecule has 0 fully saturated rings. The summed E-state index contributed by atoms with van der Waals surface area (Å²) < 4.78 is 12.8. The molecule has 1 unspecified atom stereocenters. The van der Waals surface area contributed by atoms with Crippen LogP contribution in [0.4, 0.5) is 5.69 Å². The Morgan fingerprint density at radius 3 is 2.71 bits per heavy atom. The number of ketones is 1. The molecule has 0 radical (unpaired) electrons. The maximum atomic E-state index is 12.8. The van der Waals surface area contributed by atoms with Gasteiger partial charge < -0.3 is 4.90 Å². The predicted octanol–water partition coefficient (Wildman–Crippen LogP) is 3.30.